The van der Waals surface area contributed by atoms with Crippen LogP contribution in [0.1, 0.15) is 30.9 Å². The van der Waals surface area contributed by atoms with E-state index in [1.165, 1.54) is 12.1 Å². The van der Waals surface area contributed by atoms with E-state index in [0.29, 0.717) is 36.2 Å². The monoisotopic (exact) mass is 261 g/mol. The summed E-state index contributed by atoms with van der Waals surface area (Å²) >= 11 is 0. The molecule has 3 nitrogen and oxygen atoms in total. The first kappa shape index (κ1) is 14.0. The van der Waals surface area contributed by atoms with Gasteiger partial charge in [0.05, 0.1) is 11.6 Å². The highest BCUT2D eigenvalue weighted by atomic mass is 19.1. The molecule has 0 spiro atoms. The molecule has 1 fully saturated rings. The van der Waals surface area contributed by atoms with Crippen LogP contribution >= 0.6 is 0 Å². The minimum Gasteiger partial charge on any atom is -0.329 e. The van der Waals surface area contributed by atoms with Gasteiger partial charge in [0.1, 0.15) is 5.82 Å². The van der Waals surface area contributed by atoms with Crippen LogP contribution in [0.25, 0.3) is 0 Å². The normalized spacial score (nSPS) is 24.1. The standard InChI is InChI=1S/C15H20FN3/c1-11-4-5-19(14(6-11)9-18)10-13-7-12(8-17)2-3-15(13)16/h2-3,7,11,14H,4-6,9-10,18H2,1H3. The summed E-state index contributed by atoms with van der Waals surface area (Å²) in [6, 6.07) is 6.89. The molecule has 4 heteroatoms. The summed E-state index contributed by atoms with van der Waals surface area (Å²) in [5.41, 5.74) is 6.91. The smallest absolute Gasteiger partial charge is 0.127 e. The summed E-state index contributed by atoms with van der Waals surface area (Å²) < 4.78 is 13.8. The molecule has 102 valence electrons. The lowest BCUT2D eigenvalue weighted by Crippen LogP contribution is -2.45. The van der Waals surface area contributed by atoms with Gasteiger partial charge in [0.2, 0.25) is 0 Å². The zero-order chi connectivity index (χ0) is 13.8. The third kappa shape index (κ3) is 3.31. The number of benzene rings is 1. The molecule has 0 aliphatic carbocycles. The number of piperidine rings is 1. The first-order valence-electron chi connectivity index (χ1n) is 6.76. The molecule has 2 rings (SSSR count). The Bertz CT molecular complexity index is 481. The minimum atomic E-state index is -0.242. The van der Waals surface area contributed by atoms with Gasteiger partial charge >= 0.3 is 0 Å². The lowest BCUT2D eigenvalue weighted by Gasteiger charge is -2.38. The number of likely N-dealkylation sites (tertiary alicyclic amines) is 1. The largest absolute Gasteiger partial charge is 0.329 e. The fraction of sp³-hybridized carbons (Fsp3) is 0.533. The van der Waals surface area contributed by atoms with Crippen LogP contribution in [0, 0.1) is 23.1 Å². The second kappa shape index (κ2) is 6.14. The van der Waals surface area contributed by atoms with Crippen molar-refractivity contribution in [2.24, 2.45) is 11.7 Å². The Morgan fingerprint density at radius 3 is 3.00 bits per heavy atom. The van der Waals surface area contributed by atoms with E-state index in [9.17, 15) is 4.39 Å². The van der Waals surface area contributed by atoms with Crippen LogP contribution in [0.4, 0.5) is 4.39 Å². The Hall–Kier alpha value is -1.44. The van der Waals surface area contributed by atoms with Crippen LogP contribution in [-0.2, 0) is 6.54 Å². The van der Waals surface area contributed by atoms with Gasteiger partial charge in [-0.15, -0.1) is 0 Å². The highest BCUT2D eigenvalue weighted by Gasteiger charge is 2.25. The molecule has 2 unspecified atom stereocenters. The molecule has 2 atom stereocenters. The third-order valence-electron chi connectivity index (χ3n) is 3.92. The van der Waals surface area contributed by atoms with Crippen molar-refractivity contribution >= 4 is 0 Å². The lowest BCUT2D eigenvalue weighted by atomic mass is 9.92. The molecule has 0 aromatic heterocycles. The highest BCUT2D eigenvalue weighted by molar-refractivity contribution is 5.33. The fourth-order valence-electron chi connectivity index (χ4n) is 2.74. The maximum atomic E-state index is 13.8. The Morgan fingerprint density at radius 2 is 2.32 bits per heavy atom. The quantitative estimate of drug-likeness (QED) is 0.908. The summed E-state index contributed by atoms with van der Waals surface area (Å²) in [5.74, 6) is 0.438. The average molecular weight is 261 g/mol. The molecular weight excluding hydrogens is 241 g/mol. The zero-order valence-corrected chi connectivity index (χ0v) is 11.3. The number of hydrogen-bond donors (Lipinski definition) is 1. The summed E-state index contributed by atoms with van der Waals surface area (Å²) in [6.45, 7) is 4.32. The van der Waals surface area contributed by atoms with Crippen LogP contribution in [0.2, 0.25) is 0 Å². The number of nitriles is 1. The van der Waals surface area contributed by atoms with Crippen LogP contribution in [0.15, 0.2) is 18.2 Å². The van der Waals surface area contributed by atoms with Crippen LogP contribution in [0.5, 0.6) is 0 Å². The Morgan fingerprint density at radius 1 is 1.53 bits per heavy atom. The molecule has 1 aliphatic rings. The van der Waals surface area contributed by atoms with Crippen LogP contribution in [0.3, 0.4) is 0 Å². The Labute approximate surface area is 113 Å². The van der Waals surface area contributed by atoms with E-state index < -0.39 is 0 Å². The van der Waals surface area contributed by atoms with E-state index in [1.807, 2.05) is 0 Å². The Balaban J connectivity index is 2.14. The topological polar surface area (TPSA) is 53.0 Å². The molecule has 19 heavy (non-hydrogen) atoms. The maximum absolute atomic E-state index is 13.8. The van der Waals surface area contributed by atoms with Gasteiger partial charge < -0.3 is 5.73 Å². The number of nitrogens with zero attached hydrogens (tertiary/aromatic N) is 2. The third-order valence-corrected chi connectivity index (χ3v) is 3.92. The van der Waals surface area contributed by atoms with Gasteiger partial charge in [-0.3, -0.25) is 4.90 Å². The van der Waals surface area contributed by atoms with Gasteiger partial charge in [-0.2, -0.15) is 5.26 Å². The van der Waals surface area contributed by atoms with Crippen LogP contribution in [-0.4, -0.2) is 24.0 Å². The molecule has 0 radical (unpaired) electrons. The van der Waals surface area contributed by atoms with Crippen molar-refractivity contribution in [3.05, 3.63) is 35.1 Å². The van der Waals surface area contributed by atoms with E-state index in [2.05, 4.69) is 17.9 Å². The van der Waals surface area contributed by atoms with E-state index in [0.717, 1.165) is 19.4 Å². The first-order chi connectivity index (χ1) is 9.13. The van der Waals surface area contributed by atoms with Crippen LogP contribution < -0.4 is 5.73 Å². The number of nitrogens with two attached hydrogens (primary N) is 1. The van der Waals surface area contributed by atoms with Crippen molar-refractivity contribution in [3.8, 4) is 6.07 Å². The molecule has 1 aliphatic heterocycles. The number of halogens is 1. The first-order valence-corrected chi connectivity index (χ1v) is 6.76. The maximum Gasteiger partial charge on any atom is 0.127 e. The average Bonchev–Trinajstić information content (AvgIpc) is 2.43. The van der Waals surface area contributed by atoms with E-state index in [-0.39, 0.29) is 5.82 Å². The van der Waals surface area contributed by atoms with Crippen molar-refractivity contribution in [2.75, 3.05) is 13.1 Å². The molecule has 1 aromatic carbocycles. The molecular formula is C15H20FN3. The van der Waals surface area contributed by atoms with Gasteiger partial charge in [0.15, 0.2) is 0 Å². The Kier molecular flexibility index (Phi) is 4.52. The molecule has 1 heterocycles. The van der Waals surface area contributed by atoms with Gasteiger partial charge in [-0.25, -0.2) is 4.39 Å². The molecule has 1 saturated heterocycles. The predicted octanol–water partition coefficient (Wildman–Crippen LogP) is 2.26. The van der Waals surface area contributed by atoms with Gasteiger partial charge in [-0.05, 0) is 43.5 Å². The molecule has 2 N–H and O–H groups in total. The van der Waals surface area contributed by atoms with Gasteiger partial charge in [0, 0.05) is 24.7 Å². The van der Waals surface area contributed by atoms with Gasteiger partial charge in [0.25, 0.3) is 0 Å². The van der Waals surface area contributed by atoms with E-state index >= 15 is 0 Å². The van der Waals surface area contributed by atoms with E-state index in [1.54, 1.807) is 6.07 Å². The second-order valence-electron chi connectivity index (χ2n) is 5.41. The molecule has 1 aromatic rings. The summed E-state index contributed by atoms with van der Waals surface area (Å²) in [4.78, 5) is 2.24. The summed E-state index contributed by atoms with van der Waals surface area (Å²) in [6.07, 6.45) is 2.19. The molecule has 0 amide bonds. The predicted molar refractivity (Wildman–Crippen MR) is 72.8 cm³/mol. The van der Waals surface area contributed by atoms with Crippen molar-refractivity contribution in [2.45, 2.75) is 32.4 Å². The van der Waals surface area contributed by atoms with Crippen molar-refractivity contribution in [1.29, 1.82) is 5.26 Å². The van der Waals surface area contributed by atoms with Crippen molar-refractivity contribution in [3.63, 3.8) is 0 Å². The summed E-state index contributed by atoms with van der Waals surface area (Å²) in [7, 11) is 0. The molecule has 0 saturated carbocycles. The van der Waals surface area contributed by atoms with Gasteiger partial charge in [-0.1, -0.05) is 6.92 Å². The second-order valence-corrected chi connectivity index (χ2v) is 5.41. The number of rotatable bonds is 3. The zero-order valence-electron chi connectivity index (χ0n) is 11.3. The van der Waals surface area contributed by atoms with Crippen molar-refractivity contribution in [1.82, 2.24) is 4.90 Å². The lowest BCUT2D eigenvalue weighted by molar-refractivity contribution is 0.114. The van der Waals surface area contributed by atoms with Crippen molar-refractivity contribution < 1.29 is 4.39 Å². The highest BCUT2D eigenvalue weighted by Crippen LogP contribution is 2.24. The van der Waals surface area contributed by atoms with E-state index in [4.69, 9.17) is 11.0 Å². The fourth-order valence-corrected chi connectivity index (χ4v) is 2.74. The number of hydrogen-bond acceptors (Lipinski definition) is 3. The minimum absolute atomic E-state index is 0.242. The SMILES string of the molecule is CC1CCN(Cc2cc(C#N)ccc2F)C(CN)C1. The summed E-state index contributed by atoms with van der Waals surface area (Å²) in [5, 5.41) is 8.89. The molecule has 0 bridgehead atoms.